The maximum atomic E-state index is 5.82. The molecule has 8 heavy (non-hydrogen) atoms. The summed E-state index contributed by atoms with van der Waals surface area (Å²) in [5.41, 5.74) is 0. The third-order valence-electron chi connectivity index (χ3n) is 1.22. The van der Waals surface area contributed by atoms with Gasteiger partial charge in [-0.1, -0.05) is 0 Å². The average Bonchev–Trinajstić information content (AvgIpc) is 1.65. The predicted octanol–water partition coefficient (Wildman–Crippen LogP) is 2.69. The molecule has 0 aliphatic carbocycles. The van der Waals surface area contributed by atoms with Crippen LogP contribution in [0.3, 0.4) is 0 Å². The normalized spacial score (nSPS) is 27.8. The maximum Gasteiger partial charge on any atom is 0.119 e. The molecule has 48 valence electrons. The van der Waals surface area contributed by atoms with Crippen molar-refractivity contribution in [2.24, 2.45) is 0 Å². The van der Waals surface area contributed by atoms with Crippen LogP contribution in [0.4, 0.5) is 0 Å². The zero-order chi connectivity index (χ0) is 6.04. The van der Waals surface area contributed by atoms with E-state index in [1.165, 1.54) is 0 Å². The molecule has 0 radical (unpaired) electrons. The molecule has 1 fully saturated rings. The number of rotatable bonds is 0. The van der Waals surface area contributed by atoms with Gasteiger partial charge in [0.25, 0.3) is 0 Å². The number of hydrogen-bond acceptors (Lipinski definition) is 1. The first-order valence-electron chi connectivity index (χ1n) is 2.66. The summed E-state index contributed by atoms with van der Waals surface area (Å²) in [5.74, 6) is 2.24. The zero-order valence-electron chi connectivity index (χ0n) is 4.49. The van der Waals surface area contributed by atoms with E-state index >= 15 is 0 Å². The monoisotopic (exact) mass is 170 g/mol. The quantitative estimate of drug-likeness (QED) is 0.505. The standard InChI is InChI=1S/C5H8Cl2S/c6-5(7)1-3-8-4-2-5/h1-4H2. The van der Waals surface area contributed by atoms with Crippen molar-refractivity contribution < 1.29 is 0 Å². The second-order valence-electron chi connectivity index (χ2n) is 1.97. The molecule has 1 rings (SSSR count). The summed E-state index contributed by atoms with van der Waals surface area (Å²) in [6.07, 6.45) is 1.89. The molecule has 0 bridgehead atoms. The molecule has 0 aromatic rings. The summed E-state index contributed by atoms with van der Waals surface area (Å²) in [5, 5.41) is 0. The minimum absolute atomic E-state index is 0.398. The highest BCUT2D eigenvalue weighted by Crippen LogP contribution is 2.35. The predicted molar refractivity (Wildman–Crippen MR) is 41.0 cm³/mol. The minimum Gasteiger partial charge on any atom is -0.162 e. The van der Waals surface area contributed by atoms with Crippen molar-refractivity contribution in [2.45, 2.75) is 17.2 Å². The number of alkyl halides is 2. The topological polar surface area (TPSA) is 0 Å². The van der Waals surface area contributed by atoms with Crippen LogP contribution in [0.1, 0.15) is 12.8 Å². The summed E-state index contributed by atoms with van der Waals surface area (Å²) < 4.78 is -0.398. The fraction of sp³-hybridized carbons (Fsp3) is 1.00. The van der Waals surface area contributed by atoms with Crippen molar-refractivity contribution in [3.05, 3.63) is 0 Å². The first-order chi connectivity index (χ1) is 3.71. The Balaban J connectivity index is 2.33. The van der Waals surface area contributed by atoms with E-state index in [4.69, 9.17) is 23.2 Å². The van der Waals surface area contributed by atoms with Crippen LogP contribution in [0.25, 0.3) is 0 Å². The lowest BCUT2D eigenvalue weighted by atomic mass is 10.2. The molecule has 1 saturated heterocycles. The zero-order valence-corrected chi connectivity index (χ0v) is 6.82. The van der Waals surface area contributed by atoms with Crippen LogP contribution in [-0.4, -0.2) is 15.8 Å². The molecule has 0 aromatic heterocycles. The Kier molecular flexibility index (Phi) is 2.36. The van der Waals surface area contributed by atoms with Crippen molar-refractivity contribution in [3.8, 4) is 0 Å². The van der Waals surface area contributed by atoms with E-state index < -0.39 is 4.33 Å². The van der Waals surface area contributed by atoms with E-state index in [1.807, 2.05) is 11.8 Å². The number of thioether (sulfide) groups is 1. The summed E-state index contributed by atoms with van der Waals surface area (Å²) in [6.45, 7) is 0. The van der Waals surface area contributed by atoms with Gasteiger partial charge in [-0.15, -0.1) is 23.2 Å². The lowest BCUT2D eigenvalue weighted by Gasteiger charge is -2.23. The van der Waals surface area contributed by atoms with Gasteiger partial charge in [-0.05, 0) is 24.3 Å². The number of hydrogen-bond donors (Lipinski definition) is 0. The van der Waals surface area contributed by atoms with Crippen LogP contribution in [0.5, 0.6) is 0 Å². The van der Waals surface area contributed by atoms with E-state index in [0.29, 0.717) is 0 Å². The Labute approximate surface area is 63.9 Å². The Morgan fingerprint density at radius 2 is 1.62 bits per heavy atom. The van der Waals surface area contributed by atoms with Crippen molar-refractivity contribution >= 4 is 35.0 Å². The van der Waals surface area contributed by atoms with Gasteiger partial charge in [0.2, 0.25) is 0 Å². The van der Waals surface area contributed by atoms with Crippen LogP contribution >= 0.6 is 35.0 Å². The van der Waals surface area contributed by atoms with Gasteiger partial charge in [0, 0.05) is 0 Å². The van der Waals surface area contributed by atoms with Crippen LogP contribution in [0.15, 0.2) is 0 Å². The molecular weight excluding hydrogens is 163 g/mol. The van der Waals surface area contributed by atoms with Crippen molar-refractivity contribution in [1.29, 1.82) is 0 Å². The van der Waals surface area contributed by atoms with Gasteiger partial charge in [0.05, 0.1) is 0 Å². The molecule has 0 aromatic carbocycles. The summed E-state index contributed by atoms with van der Waals surface area (Å²) in [4.78, 5) is 0. The highest BCUT2D eigenvalue weighted by molar-refractivity contribution is 7.99. The molecule has 3 heteroatoms. The van der Waals surface area contributed by atoms with E-state index in [2.05, 4.69) is 0 Å². The van der Waals surface area contributed by atoms with E-state index in [9.17, 15) is 0 Å². The third-order valence-corrected chi connectivity index (χ3v) is 2.97. The van der Waals surface area contributed by atoms with Gasteiger partial charge in [-0.2, -0.15) is 11.8 Å². The van der Waals surface area contributed by atoms with E-state index in [-0.39, 0.29) is 0 Å². The Morgan fingerprint density at radius 3 is 1.88 bits per heavy atom. The van der Waals surface area contributed by atoms with Crippen LogP contribution < -0.4 is 0 Å². The largest absolute Gasteiger partial charge is 0.162 e. The average molecular weight is 171 g/mol. The lowest BCUT2D eigenvalue weighted by Crippen LogP contribution is -2.19. The highest BCUT2D eigenvalue weighted by Gasteiger charge is 2.25. The second kappa shape index (κ2) is 2.68. The molecule has 0 unspecified atom stereocenters. The van der Waals surface area contributed by atoms with Gasteiger partial charge < -0.3 is 0 Å². The summed E-state index contributed by atoms with van der Waals surface area (Å²) in [7, 11) is 0. The Hall–Kier alpha value is 0.930. The fourth-order valence-electron chi connectivity index (χ4n) is 0.670. The second-order valence-corrected chi connectivity index (χ2v) is 4.83. The molecule has 0 N–H and O–H groups in total. The van der Waals surface area contributed by atoms with Crippen LogP contribution in [-0.2, 0) is 0 Å². The summed E-state index contributed by atoms with van der Waals surface area (Å²) >= 11 is 13.6. The maximum absolute atomic E-state index is 5.82. The molecule has 0 atom stereocenters. The van der Waals surface area contributed by atoms with Gasteiger partial charge >= 0.3 is 0 Å². The summed E-state index contributed by atoms with van der Waals surface area (Å²) in [6, 6.07) is 0. The number of halogens is 2. The fourth-order valence-corrected chi connectivity index (χ4v) is 2.69. The lowest BCUT2D eigenvalue weighted by molar-refractivity contribution is 0.710. The Bertz CT molecular complexity index is 74.5. The van der Waals surface area contributed by atoms with Crippen molar-refractivity contribution in [3.63, 3.8) is 0 Å². The first kappa shape index (κ1) is 7.04. The van der Waals surface area contributed by atoms with Gasteiger partial charge in [-0.25, -0.2) is 0 Å². The first-order valence-corrected chi connectivity index (χ1v) is 4.57. The molecule has 0 nitrogen and oxygen atoms in total. The third kappa shape index (κ3) is 2.04. The highest BCUT2D eigenvalue weighted by atomic mass is 35.5. The molecule has 1 aliphatic heterocycles. The Morgan fingerprint density at radius 1 is 1.12 bits per heavy atom. The molecule has 0 spiro atoms. The van der Waals surface area contributed by atoms with Crippen molar-refractivity contribution in [2.75, 3.05) is 11.5 Å². The van der Waals surface area contributed by atoms with Gasteiger partial charge in [0.1, 0.15) is 4.33 Å². The van der Waals surface area contributed by atoms with E-state index in [0.717, 1.165) is 24.3 Å². The van der Waals surface area contributed by atoms with Gasteiger partial charge in [0.15, 0.2) is 0 Å². The van der Waals surface area contributed by atoms with Crippen LogP contribution in [0, 0.1) is 0 Å². The van der Waals surface area contributed by atoms with Gasteiger partial charge in [-0.3, -0.25) is 0 Å². The molecule has 1 heterocycles. The molecule has 0 saturated carbocycles. The molecular formula is C5H8Cl2S. The minimum atomic E-state index is -0.398. The van der Waals surface area contributed by atoms with Crippen molar-refractivity contribution in [1.82, 2.24) is 0 Å². The SMILES string of the molecule is ClC1(Cl)CCSCC1. The van der Waals surface area contributed by atoms with E-state index in [1.54, 1.807) is 0 Å². The molecule has 1 aliphatic rings. The molecule has 0 amide bonds. The van der Waals surface area contributed by atoms with Crippen LogP contribution in [0.2, 0.25) is 0 Å². The smallest absolute Gasteiger partial charge is 0.119 e.